The van der Waals surface area contributed by atoms with Crippen LogP contribution in [0.5, 0.6) is 11.5 Å². The van der Waals surface area contributed by atoms with Crippen molar-refractivity contribution in [1.82, 2.24) is 0 Å². The van der Waals surface area contributed by atoms with E-state index in [9.17, 15) is 10.1 Å². The van der Waals surface area contributed by atoms with E-state index in [0.717, 1.165) is 0 Å². The van der Waals surface area contributed by atoms with Crippen LogP contribution in [-0.2, 0) is 9.53 Å². The van der Waals surface area contributed by atoms with Crippen LogP contribution in [0.3, 0.4) is 0 Å². The number of hydrogen-bond donors (Lipinski definition) is 0. The number of ether oxygens (including phenoxy) is 3. The van der Waals surface area contributed by atoms with Crippen LogP contribution in [0.15, 0.2) is 49.1 Å². The molecule has 0 N–H and O–H groups in total. The summed E-state index contributed by atoms with van der Waals surface area (Å²) < 4.78 is 16.0. The van der Waals surface area contributed by atoms with E-state index in [1.54, 1.807) is 30.3 Å². The van der Waals surface area contributed by atoms with Gasteiger partial charge in [0.1, 0.15) is 24.2 Å². The maximum atomic E-state index is 12.3. The Morgan fingerprint density at radius 3 is 2.73 bits per heavy atom. The van der Waals surface area contributed by atoms with Crippen molar-refractivity contribution in [2.75, 3.05) is 13.7 Å². The maximum absolute atomic E-state index is 12.3. The van der Waals surface area contributed by atoms with E-state index < -0.39 is 12.1 Å². The Kier molecular flexibility index (Phi) is 6.90. The normalized spacial score (nSPS) is 11.2. The van der Waals surface area contributed by atoms with E-state index in [-0.39, 0.29) is 33.5 Å². The Balaban J connectivity index is 2.50. The number of carbonyl (C=O) groups is 1. The molecule has 0 heterocycles. The summed E-state index contributed by atoms with van der Waals surface area (Å²) in [6.07, 6.45) is 0.339. The average Bonchev–Trinajstić information content (AvgIpc) is 2.66. The Bertz CT molecular complexity index is 861. The molecule has 2 aromatic rings. The van der Waals surface area contributed by atoms with Crippen LogP contribution < -0.4 is 9.47 Å². The molecule has 1 atom stereocenters. The zero-order chi connectivity index (χ0) is 19.1. The van der Waals surface area contributed by atoms with Gasteiger partial charge in [0.05, 0.1) is 22.7 Å². The van der Waals surface area contributed by atoms with Gasteiger partial charge in [-0.25, -0.2) is 4.79 Å². The van der Waals surface area contributed by atoms with Gasteiger partial charge in [0.15, 0.2) is 0 Å². The Morgan fingerprint density at radius 1 is 1.35 bits per heavy atom. The lowest BCUT2D eigenvalue weighted by molar-refractivity contribution is -0.149. The number of nitriles is 1. The maximum Gasteiger partial charge on any atom is 0.351 e. The van der Waals surface area contributed by atoms with Gasteiger partial charge in [-0.3, -0.25) is 0 Å². The van der Waals surface area contributed by atoms with Gasteiger partial charge in [0, 0.05) is 11.6 Å². The molecule has 134 valence electrons. The zero-order valence-electron chi connectivity index (χ0n) is 13.9. The number of halogens is 2. The smallest absolute Gasteiger partial charge is 0.351 e. The third-order valence-corrected chi connectivity index (χ3v) is 4.16. The Labute approximate surface area is 161 Å². The second-order valence-electron chi connectivity index (χ2n) is 5.04. The molecule has 26 heavy (non-hydrogen) atoms. The van der Waals surface area contributed by atoms with Gasteiger partial charge in [-0.15, -0.1) is 0 Å². The Hall–Kier alpha value is -2.68. The van der Waals surface area contributed by atoms with Gasteiger partial charge >= 0.3 is 5.97 Å². The summed E-state index contributed by atoms with van der Waals surface area (Å²) in [5, 5.41) is 9.53. The number of carbonyl (C=O) groups excluding carboxylic acids is 1. The van der Waals surface area contributed by atoms with E-state index in [0.29, 0.717) is 5.75 Å². The monoisotopic (exact) mass is 391 g/mol. The summed E-state index contributed by atoms with van der Waals surface area (Å²) in [7, 11) is 1.22. The molecule has 2 aromatic carbocycles. The quantitative estimate of drug-likeness (QED) is 0.504. The number of para-hydroxylation sites is 1. The predicted molar refractivity (Wildman–Crippen MR) is 98.7 cm³/mol. The molecule has 7 heteroatoms. The molecule has 0 aliphatic rings. The van der Waals surface area contributed by atoms with Crippen molar-refractivity contribution in [3.05, 3.63) is 70.2 Å². The topological polar surface area (TPSA) is 68.5 Å². The molecule has 0 saturated heterocycles. The van der Waals surface area contributed by atoms with Gasteiger partial charge in [0.2, 0.25) is 6.10 Å². The van der Waals surface area contributed by atoms with E-state index in [2.05, 4.69) is 6.58 Å². The van der Waals surface area contributed by atoms with Crippen molar-refractivity contribution in [2.24, 2.45) is 0 Å². The summed E-state index contributed by atoms with van der Waals surface area (Å²) in [6.45, 7) is 3.82. The van der Waals surface area contributed by atoms with Gasteiger partial charge in [0.25, 0.3) is 0 Å². The van der Waals surface area contributed by atoms with Gasteiger partial charge in [-0.2, -0.15) is 5.26 Å². The lowest BCUT2D eigenvalue weighted by atomic mass is 10.1. The van der Waals surface area contributed by atoms with Gasteiger partial charge in [-0.1, -0.05) is 48.0 Å². The highest BCUT2D eigenvalue weighted by atomic mass is 35.5. The molecule has 0 saturated carbocycles. The van der Waals surface area contributed by atoms with Crippen molar-refractivity contribution in [2.45, 2.75) is 6.10 Å². The number of esters is 1. The average molecular weight is 392 g/mol. The van der Waals surface area contributed by atoms with Crippen LogP contribution in [0.2, 0.25) is 10.0 Å². The van der Waals surface area contributed by atoms with Crippen molar-refractivity contribution >= 4 is 29.2 Å². The van der Waals surface area contributed by atoms with Crippen molar-refractivity contribution in [3.63, 3.8) is 0 Å². The van der Waals surface area contributed by atoms with Crippen LogP contribution in [0.25, 0.3) is 0 Å². The van der Waals surface area contributed by atoms with Gasteiger partial charge < -0.3 is 14.2 Å². The minimum atomic E-state index is -1.23. The van der Waals surface area contributed by atoms with Crippen molar-refractivity contribution < 1.29 is 19.0 Å². The first kappa shape index (κ1) is 19.6. The lowest BCUT2D eigenvalue weighted by Gasteiger charge is -2.20. The first-order chi connectivity index (χ1) is 12.5. The second kappa shape index (κ2) is 9.14. The molecule has 5 nitrogen and oxygen atoms in total. The number of benzene rings is 2. The van der Waals surface area contributed by atoms with Crippen LogP contribution in [0, 0.1) is 11.3 Å². The summed E-state index contributed by atoms with van der Waals surface area (Å²) >= 11 is 12.4. The molecule has 0 radical (unpaired) electrons. The molecule has 0 spiro atoms. The Morgan fingerprint density at radius 2 is 2.08 bits per heavy atom. The predicted octanol–water partition coefficient (Wildman–Crippen LogP) is 4.72. The van der Waals surface area contributed by atoms with E-state index in [4.69, 9.17) is 37.4 Å². The molecule has 0 amide bonds. The first-order valence-electron chi connectivity index (χ1n) is 7.48. The molecule has 0 fully saturated rings. The van der Waals surface area contributed by atoms with E-state index in [1.165, 1.54) is 19.2 Å². The number of nitrogens with zero attached hydrogens (tertiary/aromatic N) is 1. The summed E-state index contributed by atoms with van der Waals surface area (Å²) in [5.74, 6) is -0.0908. The zero-order valence-corrected chi connectivity index (χ0v) is 15.4. The molecule has 1 unspecified atom stereocenters. The first-order valence-corrected chi connectivity index (χ1v) is 8.23. The van der Waals surface area contributed by atoms with E-state index >= 15 is 0 Å². The van der Waals surface area contributed by atoms with Crippen LogP contribution in [0.4, 0.5) is 0 Å². The molecular weight excluding hydrogens is 377 g/mol. The summed E-state index contributed by atoms with van der Waals surface area (Å²) in [6, 6.07) is 11.6. The summed E-state index contributed by atoms with van der Waals surface area (Å²) in [5.41, 5.74) is 0.528. The fourth-order valence-electron chi connectivity index (χ4n) is 2.15. The van der Waals surface area contributed by atoms with E-state index in [1.807, 2.05) is 6.07 Å². The minimum absolute atomic E-state index is 0.127. The number of hydrogen-bond acceptors (Lipinski definition) is 5. The second-order valence-corrected chi connectivity index (χ2v) is 5.82. The van der Waals surface area contributed by atoms with Gasteiger partial charge in [-0.05, 0) is 18.2 Å². The van der Waals surface area contributed by atoms with Crippen LogP contribution in [-0.4, -0.2) is 19.7 Å². The highest BCUT2D eigenvalue weighted by molar-refractivity contribution is 6.42. The fourth-order valence-corrected chi connectivity index (χ4v) is 2.57. The summed E-state index contributed by atoms with van der Waals surface area (Å²) in [4.78, 5) is 12.3. The minimum Gasteiger partial charge on any atom is -0.489 e. The highest BCUT2D eigenvalue weighted by Gasteiger charge is 2.29. The molecule has 0 bridgehead atoms. The third-order valence-electron chi connectivity index (χ3n) is 3.35. The lowest BCUT2D eigenvalue weighted by Crippen LogP contribution is -2.21. The van der Waals surface area contributed by atoms with Crippen molar-refractivity contribution in [3.8, 4) is 17.6 Å². The molecule has 0 aromatic heterocycles. The number of methoxy groups -OCH3 is 1. The van der Waals surface area contributed by atoms with Crippen molar-refractivity contribution in [1.29, 1.82) is 5.26 Å². The highest BCUT2D eigenvalue weighted by Crippen LogP contribution is 2.37. The van der Waals surface area contributed by atoms with Crippen LogP contribution >= 0.6 is 23.2 Å². The third kappa shape index (κ3) is 4.48. The molecular formula is C19H15Cl2NO4. The number of rotatable bonds is 7. The molecule has 2 rings (SSSR count). The standard InChI is InChI=1S/C19H15Cl2NO4/c1-3-8-25-13-9-14(17(21)15(20)10-13)18(19(23)24-2)26-16-7-5-4-6-12(16)11-22/h3-7,9-10,18H,1,8H2,2H3. The molecule has 0 aliphatic heterocycles. The largest absolute Gasteiger partial charge is 0.489 e. The SMILES string of the molecule is C=CCOc1cc(Cl)c(Cl)c(C(Oc2ccccc2C#N)C(=O)OC)c1. The fraction of sp³-hybridized carbons (Fsp3) is 0.158. The molecule has 0 aliphatic carbocycles. The van der Waals surface area contributed by atoms with Crippen LogP contribution in [0.1, 0.15) is 17.2 Å².